The molecule has 0 saturated carbocycles. The van der Waals surface area contributed by atoms with Crippen molar-refractivity contribution in [1.29, 1.82) is 0 Å². The molecule has 5 nitrogen and oxygen atoms in total. The molecule has 2 aromatic carbocycles. The van der Waals surface area contributed by atoms with Crippen molar-refractivity contribution in [3.63, 3.8) is 0 Å². The van der Waals surface area contributed by atoms with Crippen molar-refractivity contribution in [2.24, 2.45) is 0 Å². The van der Waals surface area contributed by atoms with E-state index < -0.39 is 0 Å². The molecule has 0 N–H and O–H groups in total. The van der Waals surface area contributed by atoms with Crippen LogP contribution in [0.15, 0.2) is 63.5 Å². The van der Waals surface area contributed by atoms with Crippen LogP contribution in [0.5, 0.6) is 0 Å². The predicted octanol–water partition coefficient (Wildman–Crippen LogP) is 5.60. The van der Waals surface area contributed by atoms with Crippen molar-refractivity contribution in [2.45, 2.75) is 54.3 Å². The highest BCUT2D eigenvalue weighted by Crippen LogP contribution is 2.48. The van der Waals surface area contributed by atoms with Crippen molar-refractivity contribution < 1.29 is 9.53 Å². The van der Waals surface area contributed by atoms with E-state index in [2.05, 4.69) is 23.6 Å². The largest absolute Gasteiger partial charge is 0.376 e. The first kappa shape index (κ1) is 20.7. The van der Waals surface area contributed by atoms with Gasteiger partial charge in [-0.2, -0.15) is 0 Å². The van der Waals surface area contributed by atoms with Crippen molar-refractivity contribution in [3.8, 4) is 0 Å². The van der Waals surface area contributed by atoms with Crippen LogP contribution in [0, 0.1) is 13.8 Å². The van der Waals surface area contributed by atoms with E-state index in [1.54, 1.807) is 11.8 Å². The maximum atomic E-state index is 13.5. The number of fused-ring (bicyclic) bond motifs is 2. The Labute approximate surface area is 191 Å². The first-order valence-corrected chi connectivity index (χ1v) is 12.4. The summed E-state index contributed by atoms with van der Waals surface area (Å²) in [6.45, 7) is 5.76. The third-order valence-electron chi connectivity index (χ3n) is 5.84. The number of imidazole rings is 1. The number of benzene rings is 2. The van der Waals surface area contributed by atoms with Crippen LogP contribution in [0.1, 0.15) is 24.2 Å². The summed E-state index contributed by atoms with van der Waals surface area (Å²) in [5, 5.41) is 0.895. The zero-order valence-corrected chi connectivity index (χ0v) is 19.3. The number of carbonyl (C=O) groups excluding carboxylic acids is 1. The summed E-state index contributed by atoms with van der Waals surface area (Å²) in [5.41, 5.74) is 4.06. The highest BCUT2D eigenvalue weighted by atomic mass is 32.2. The molecule has 0 bridgehead atoms. The van der Waals surface area contributed by atoms with E-state index in [0.29, 0.717) is 5.75 Å². The summed E-state index contributed by atoms with van der Waals surface area (Å²) in [6.07, 6.45) is 2.43. The number of aryl methyl sites for hydroxylation is 1. The lowest BCUT2D eigenvalue weighted by Gasteiger charge is -2.31. The van der Waals surface area contributed by atoms with Gasteiger partial charge in [0.15, 0.2) is 5.16 Å². The third-order valence-corrected chi connectivity index (χ3v) is 7.93. The van der Waals surface area contributed by atoms with Crippen molar-refractivity contribution in [3.05, 3.63) is 59.9 Å². The van der Waals surface area contributed by atoms with E-state index in [1.165, 1.54) is 11.8 Å². The van der Waals surface area contributed by atoms with Gasteiger partial charge >= 0.3 is 0 Å². The average molecular weight is 452 g/mol. The van der Waals surface area contributed by atoms with Crippen LogP contribution in [0.3, 0.4) is 0 Å². The van der Waals surface area contributed by atoms with Crippen LogP contribution in [-0.4, -0.2) is 33.9 Å². The number of hydrogen-bond acceptors (Lipinski definition) is 5. The fourth-order valence-corrected chi connectivity index (χ4v) is 6.11. The molecule has 2 aliphatic rings. The lowest BCUT2D eigenvalue weighted by Crippen LogP contribution is -2.30. The van der Waals surface area contributed by atoms with Gasteiger partial charge < -0.3 is 9.30 Å². The van der Waals surface area contributed by atoms with Gasteiger partial charge in [0.1, 0.15) is 0 Å². The van der Waals surface area contributed by atoms with E-state index >= 15 is 0 Å². The maximum Gasteiger partial charge on any atom is 0.242 e. The summed E-state index contributed by atoms with van der Waals surface area (Å²) in [5.74, 6) is 0.390. The fourth-order valence-electron chi connectivity index (χ4n) is 4.10. The van der Waals surface area contributed by atoms with Crippen LogP contribution in [0.2, 0.25) is 0 Å². The second-order valence-corrected chi connectivity index (χ2v) is 9.89. The molecule has 1 fully saturated rings. The van der Waals surface area contributed by atoms with E-state index in [1.807, 2.05) is 48.2 Å². The maximum absolute atomic E-state index is 13.5. The fraction of sp³-hybridized carbons (Fsp3) is 0.333. The number of nitrogens with zero attached hydrogens (tertiary/aromatic N) is 3. The van der Waals surface area contributed by atoms with Gasteiger partial charge in [-0.3, -0.25) is 9.69 Å². The zero-order valence-electron chi connectivity index (χ0n) is 17.7. The molecule has 7 heteroatoms. The zero-order chi connectivity index (χ0) is 21.4. The molecule has 5 rings (SSSR count). The first-order chi connectivity index (χ1) is 15.1. The number of ether oxygens (including phenoxy) is 1. The van der Waals surface area contributed by atoms with Gasteiger partial charge in [-0.1, -0.05) is 47.8 Å². The van der Waals surface area contributed by atoms with Gasteiger partial charge in [0, 0.05) is 22.1 Å². The van der Waals surface area contributed by atoms with Gasteiger partial charge in [-0.25, -0.2) is 4.98 Å². The molecule has 1 atom stereocenters. The standard InChI is InChI=1S/C24H25N3O2S2/c1-16-17(2)26(14-18-8-7-13-29-18)24(25-16)30-15-23(28)27-19-9-3-5-11-21(19)31-22-12-6-4-10-20(22)27/h3-6,9-12,18H,7-8,13-15H2,1-2H3. The highest BCUT2D eigenvalue weighted by molar-refractivity contribution is 8.00. The van der Waals surface area contributed by atoms with E-state index in [-0.39, 0.29) is 12.0 Å². The number of anilines is 2. The van der Waals surface area contributed by atoms with E-state index in [4.69, 9.17) is 9.72 Å². The van der Waals surface area contributed by atoms with Crippen LogP contribution < -0.4 is 4.90 Å². The van der Waals surface area contributed by atoms with E-state index in [0.717, 1.165) is 63.7 Å². The number of amides is 1. The van der Waals surface area contributed by atoms with Gasteiger partial charge in [0.2, 0.25) is 5.91 Å². The van der Waals surface area contributed by atoms with Crippen molar-refractivity contribution in [2.75, 3.05) is 17.3 Å². The lowest BCUT2D eigenvalue weighted by molar-refractivity contribution is -0.115. The van der Waals surface area contributed by atoms with Gasteiger partial charge in [-0.15, -0.1) is 0 Å². The lowest BCUT2D eigenvalue weighted by atomic mass is 10.2. The van der Waals surface area contributed by atoms with Crippen LogP contribution in [0.4, 0.5) is 11.4 Å². The Morgan fingerprint density at radius 2 is 1.81 bits per heavy atom. The molecule has 1 aromatic heterocycles. The normalized spacial score (nSPS) is 17.5. The molecule has 160 valence electrons. The number of para-hydroxylation sites is 2. The predicted molar refractivity (Wildman–Crippen MR) is 126 cm³/mol. The smallest absolute Gasteiger partial charge is 0.242 e. The number of hydrogen-bond donors (Lipinski definition) is 0. The minimum Gasteiger partial charge on any atom is -0.376 e. The summed E-state index contributed by atoms with van der Waals surface area (Å²) < 4.78 is 8.06. The van der Waals surface area contributed by atoms with Crippen molar-refractivity contribution in [1.82, 2.24) is 9.55 Å². The molecule has 2 aliphatic heterocycles. The summed E-state index contributed by atoms with van der Waals surface area (Å²) in [6, 6.07) is 16.2. The summed E-state index contributed by atoms with van der Waals surface area (Å²) in [7, 11) is 0. The monoisotopic (exact) mass is 451 g/mol. The molecule has 0 aliphatic carbocycles. The Hall–Kier alpha value is -2.22. The Morgan fingerprint density at radius 3 is 2.45 bits per heavy atom. The Morgan fingerprint density at radius 1 is 1.13 bits per heavy atom. The molecule has 0 spiro atoms. The van der Waals surface area contributed by atoms with E-state index in [9.17, 15) is 4.79 Å². The molecule has 1 amide bonds. The number of carbonyl (C=O) groups is 1. The van der Waals surface area contributed by atoms with Crippen LogP contribution >= 0.6 is 23.5 Å². The molecule has 0 radical (unpaired) electrons. The van der Waals surface area contributed by atoms with Crippen LogP contribution in [0.25, 0.3) is 0 Å². The topological polar surface area (TPSA) is 47.4 Å². The quantitative estimate of drug-likeness (QED) is 0.473. The minimum atomic E-state index is 0.0622. The number of rotatable bonds is 5. The molecule has 3 heterocycles. The minimum absolute atomic E-state index is 0.0622. The Kier molecular flexibility index (Phi) is 5.82. The molecular weight excluding hydrogens is 426 g/mol. The second-order valence-electron chi connectivity index (χ2n) is 7.87. The third kappa shape index (κ3) is 4.02. The van der Waals surface area contributed by atoms with Crippen molar-refractivity contribution >= 4 is 40.8 Å². The van der Waals surface area contributed by atoms with Crippen LogP contribution in [-0.2, 0) is 16.1 Å². The van der Waals surface area contributed by atoms with Gasteiger partial charge in [-0.05, 0) is 51.0 Å². The average Bonchev–Trinajstić information content (AvgIpc) is 3.39. The SMILES string of the molecule is Cc1nc(SCC(=O)N2c3ccccc3Sc3ccccc32)n(CC2CCCO2)c1C. The Balaban J connectivity index is 1.39. The second kappa shape index (κ2) is 8.73. The summed E-state index contributed by atoms with van der Waals surface area (Å²) in [4.78, 5) is 22.3. The molecule has 31 heavy (non-hydrogen) atoms. The molecule has 3 aromatic rings. The highest BCUT2D eigenvalue weighted by Gasteiger charge is 2.28. The number of aromatic nitrogens is 2. The molecular formula is C24H25N3O2S2. The summed E-state index contributed by atoms with van der Waals surface area (Å²) >= 11 is 3.23. The van der Waals surface area contributed by atoms with Gasteiger partial charge in [0.05, 0.1) is 35.5 Å². The number of thioether (sulfide) groups is 1. The van der Waals surface area contributed by atoms with Gasteiger partial charge in [0.25, 0.3) is 0 Å². The Bertz CT molecular complexity index is 1080. The molecule has 1 unspecified atom stereocenters. The molecule has 1 saturated heterocycles. The first-order valence-electron chi connectivity index (χ1n) is 10.6.